The van der Waals surface area contributed by atoms with Crippen LogP contribution in [0.15, 0.2) is 48.0 Å². The fourth-order valence-electron chi connectivity index (χ4n) is 3.41. The van der Waals surface area contributed by atoms with E-state index in [9.17, 15) is 9.59 Å². The third-order valence-corrected chi connectivity index (χ3v) is 6.07. The number of benzene rings is 1. The molecule has 4 rings (SSSR count). The number of nitrogens with zero attached hydrogens (tertiary/aromatic N) is 3. The maximum absolute atomic E-state index is 12.6. The molecule has 0 fully saturated rings. The number of hydrogen-bond acceptors (Lipinski definition) is 6. The highest BCUT2D eigenvalue weighted by atomic mass is 32.1. The Kier molecular flexibility index (Phi) is 6.23. The van der Waals surface area contributed by atoms with Crippen molar-refractivity contribution in [2.45, 2.75) is 39.2 Å². The first kappa shape index (κ1) is 22.0. The number of ether oxygens (including phenoxy) is 1. The van der Waals surface area contributed by atoms with E-state index in [4.69, 9.17) is 4.74 Å². The van der Waals surface area contributed by atoms with Crippen LogP contribution in [0.5, 0.6) is 5.75 Å². The van der Waals surface area contributed by atoms with Gasteiger partial charge in [-0.05, 0) is 35.2 Å². The molecule has 8 heteroatoms. The van der Waals surface area contributed by atoms with Crippen molar-refractivity contribution in [3.63, 3.8) is 0 Å². The molecule has 3 aromatic rings. The van der Waals surface area contributed by atoms with Crippen LogP contribution in [0.3, 0.4) is 0 Å². The van der Waals surface area contributed by atoms with E-state index in [-0.39, 0.29) is 23.8 Å². The molecule has 1 N–H and O–H groups in total. The third kappa shape index (κ3) is 4.96. The van der Waals surface area contributed by atoms with Crippen molar-refractivity contribution in [2.75, 3.05) is 18.1 Å². The molecule has 0 bridgehead atoms. The first-order valence-electron chi connectivity index (χ1n) is 10.5. The van der Waals surface area contributed by atoms with Gasteiger partial charge in [-0.3, -0.25) is 19.5 Å². The number of nitrogens with one attached hydrogen (secondary N) is 1. The van der Waals surface area contributed by atoms with E-state index in [1.54, 1.807) is 16.5 Å². The molecule has 1 aromatic carbocycles. The molecule has 0 spiro atoms. The lowest BCUT2D eigenvalue weighted by Gasteiger charge is -2.30. The standard InChI is InChI=1S/C24H26N4O3S/c1-24(2,3)16-7-8-20-19(12-16)28(22(29)14-31-20)13-21-27-18(15-32-21)23(30)26-11-9-17-6-4-5-10-25-17/h4-8,10,12,15H,9,11,13-14H2,1-3H3,(H,26,30). The van der Waals surface area contributed by atoms with Crippen molar-refractivity contribution in [3.8, 4) is 5.75 Å². The average molecular weight is 451 g/mol. The number of thiazole rings is 1. The van der Waals surface area contributed by atoms with Crippen molar-refractivity contribution in [3.05, 3.63) is 69.9 Å². The Labute approximate surface area is 191 Å². The Morgan fingerprint density at radius 3 is 2.84 bits per heavy atom. The highest BCUT2D eigenvalue weighted by molar-refractivity contribution is 7.09. The lowest BCUT2D eigenvalue weighted by Crippen LogP contribution is -2.38. The second-order valence-corrected chi connectivity index (χ2v) is 9.60. The quantitative estimate of drug-likeness (QED) is 0.619. The summed E-state index contributed by atoms with van der Waals surface area (Å²) in [4.78, 5) is 35.5. The minimum absolute atomic E-state index is 0.00585. The van der Waals surface area contributed by atoms with Crippen LogP contribution in [0.1, 0.15) is 47.5 Å². The fraction of sp³-hybridized carbons (Fsp3) is 0.333. The van der Waals surface area contributed by atoms with E-state index in [2.05, 4.69) is 36.1 Å². The first-order valence-corrected chi connectivity index (χ1v) is 11.4. The second-order valence-electron chi connectivity index (χ2n) is 8.65. The van der Waals surface area contributed by atoms with Crippen molar-refractivity contribution in [1.29, 1.82) is 0 Å². The van der Waals surface area contributed by atoms with E-state index < -0.39 is 0 Å². The highest BCUT2D eigenvalue weighted by Gasteiger charge is 2.28. The number of carbonyl (C=O) groups excluding carboxylic acids is 2. The van der Waals surface area contributed by atoms with E-state index in [1.165, 1.54) is 11.3 Å². The van der Waals surface area contributed by atoms with Crippen LogP contribution in [0.2, 0.25) is 0 Å². The molecule has 1 aliphatic rings. The summed E-state index contributed by atoms with van der Waals surface area (Å²) in [5.41, 5.74) is 3.08. The molecular formula is C24H26N4O3S. The van der Waals surface area contributed by atoms with Crippen molar-refractivity contribution < 1.29 is 14.3 Å². The smallest absolute Gasteiger partial charge is 0.270 e. The van der Waals surface area contributed by atoms with Crippen LogP contribution in [-0.4, -0.2) is 34.9 Å². The topological polar surface area (TPSA) is 84.4 Å². The lowest BCUT2D eigenvalue weighted by atomic mass is 9.86. The van der Waals surface area contributed by atoms with Crippen LogP contribution >= 0.6 is 11.3 Å². The molecule has 0 atom stereocenters. The van der Waals surface area contributed by atoms with Gasteiger partial charge in [0.15, 0.2) is 6.61 Å². The van der Waals surface area contributed by atoms with E-state index in [0.717, 1.165) is 16.9 Å². The maximum Gasteiger partial charge on any atom is 0.270 e. The molecule has 0 saturated carbocycles. The van der Waals surface area contributed by atoms with Gasteiger partial charge >= 0.3 is 0 Å². The van der Waals surface area contributed by atoms with E-state index in [0.29, 0.717) is 36.0 Å². The largest absolute Gasteiger partial charge is 0.482 e. The van der Waals surface area contributed by atoms with E-state index in [1.807, 2.05) is 36.4 Å². The van der Waals surface area contributed by atoms with Crippen LogP contribution in [0, 0.1) is 0 Å². The van der Waals surface area contributed by atoms with Crippen molar-refractivity contribution >= 4 is 28.8 Å². The van der Waals surface area contributed by atoms with Gasteiger partial charge in [0, 0.05) is 30.2 Å². The molecule has 2 amide bonds. The number of fused-ring (bicyclic) bond motifs is 1. The Morgan fingerprint density at radius 1 is 1.25 bits per heavy atom. The van der Waals surface area contributed by atoms with Gasteiger partial charge in [-0.1, -0.05) is 32.9 Å². The van der Waals surface area contributed by atoms with Gasteiger partial charge in [0.2, 0.25) is 0 Å². The summed E-state index contributed by atoms with van der Waals surface area (Å²) >= 11 is 1.37. The zero-order valence-corrected chi connectivity index (χ0v) is 19.2. The Balaban J connectivity index is 1.44. The van der Waals surface area contributed by atoms with Gasteiger partial charge in [-0.25, -0.2) is 4.98 Å². The summed E-state index contributed by atoms with van der Waals surface area (Å²) in [7, 11) is 0. The number of anilines is 1. The number of aromatic nitrogens is 2. The van der Waals surface area contributed by atoms with Gasteiger partial charge < -0.3 is 10.1 Å². The number of rotatable bonds is 6. The van der Waals surface area contributed by atoms with Gasteiger partial charge in [0.25, 0.3) is 11.8 Å². The normalized spacial score (nSPS) is 13.5. The van der Waals surface area contributed by atoms with Crippen LogP contribution in [0.4, 0.5) is 5.69 Å². The SMILES string of the molecule is CC(C)(C)c1ccc2c(c1)N(Cc1nc(C(=O)NCCc3ccccn3)cs1)C(=O)CO2. The molecule has 2 aromatic heterocycles. The third-order valence-electron chi connectivity index (χ3n) is 5.24. The van der Waals surface area contributed by atoms with Crippen LogP contribution in [-0.2, 0) is 23.2 Å². The average Bonchev–Trinajstić information content (AvgIpc) is 3.24. The molecule has 0 unspecified atom stereocenters. The van der Waals surface area contributed by atoms with Crippen LogP contribution < -0.4 is 15.0 Å². The van der Waals surface area contributed by atoms with Gasteiger partial charge in [0.1, 0.15) is 16.5 Å². The minimum Gasteiger partial charge on any atom is -0.482 e. The maximum atomic E-state index is 12.6. The number of carbonyl (C=O) groups is 2. The van der Waals surface area contributed by atoms with Crippen molar-refractivity contribution in [2.24, 2.45) is 0 Å². The predicted molar refractivity (Wildman–Crippen MR) is 124 cm³/mol. The molecule has 1 aliphatic heterocycles. The summed E-state index contributed by atoms with van der Waals surface area (Å²) in [5, 5.41) is 5.30. The Hall–Kier alpha value is -3.26. The fourth-order valence-corrected chi connectivity index (χ4v) is 4.17. The summed E-state index contributed by atoms with van der Waals surface area (Å²) in [6.45, 7) is 7.16. The Morgan fingerprint density at radius 2 is 2.09 bits per heavy atom. The zero-order valence-electron chi connectivity index (χ0n) is 18.4. The van der Waals surface area contributed by atoms with E-state index >= 15 is 0 Å². The molecule has 166 valence electrons. The summed E-state index contributed by atoms with van der Waals surface area (Å²) in [6, 6.07) is 11.7. The highest BCUT2D eigenvalue weighted by Crippen LogP contribution is 2.37. The summed E-state index contributed by atoms with van der Waals surface area (Å²) in [6.07, 6.45) is 2.39. The summed E-state index contributed by atoms with van der Waals surface area (Å²) < 4.78 is 5.62. The molecule has 0 saturated heterocycles. The molecular weight excluding hydrogens is 424 g/mol. The van der Waals surface area contributed by atoms with Crippen LogP contribution in [0.25, 0.3) is 0 Å². The molecule has 32 heavy (non-hydrogen) atoms. The molecule has 7 nitrogen and oxygen atoms in total. The predicted octanol–water partition coefficient (Wildman–Crippen LogP) is 3.73. The second kappa shape index (κ2) is 9.08. The monoisotopic (exact) mass is 450 g/mol. The van der Waals surface area contributed by atoms with Gasteiger partial charge in [-0.15, -0.1) is 11.3 Å². The zero-order chi connectivity index (χ0) is 22.7. The molecule has 3 heterocycles. The number of hydrogen-bond donors (Lipinski definition) is 1. The number of pyridine rings is 1. The summed E-state index contributed by atoms with van der Waals surface area (Å²) in [5.74, 6) is 0.328. The molecule has 0 radical (unpaired) electrons. The van der Waals surface area contributed by atoms with Gasteiger partial charge in [0.05, 0.1) is 12.2 Å². The van der Waals surface area contributed by atoms with Gasteiger partial charge in [-0.2, -0.15) is 0 Å². The minimum atomic E-state index is -0.229. The lowest BCUT2D eigenvalue weighted by molar-refractivity contribution is -0.121. The molecule has 0 aliphatic carbocycles. The van der Waals surface area contributed by atoms with Crippen molar-refractivity contribution in [1.82, 2.24) is 15.3 Å². The first-order chi connectivity index (χ1) is 15.3. The number of amides is 2. The Bertz CT molecular complexity index is 1120.